The van der Waals surface area contributed by atoms with Crippen molar-refractivity contribution in [1.82, 2.24) is 9.55 Å². The first kappa shape index (κ1) is 28.6. The zero-order valence-corrected chi connectivity index (χ0v) is 22.8. The highest BCUT2D eigenvalue weighted by molar-refractivity contribution is 6.06. The highest BCUT2D eigenvalue weighted by Gasteiger charge is 2.30. The monoisotopic (exact) mass is 557 g/mol. The number of hydrogen-bond acceptors (Lipinski definition) is 6. The molecule has 1 amide bonds. The molecule has 0 saturated heterocycles. The Morgan fingerprint density at radius 1 is 0.975 bits per heavy atom. The summed E-state index contributed by atoms with van der Waals surface area (Å²) in [7, 11) is 3.09. The lowest BCUT2D eigenvalue weighted by molar-refractivity contribution is -0.153. The van der Waals surface area contributed by atoms with Gasteiger partial charge in [0.1, 0.15) is 17.2 Å². The van der Waals surface area contributed by atoms with E-state index in [9.17, 15) is 18.0 Å². The van der Waals surface area contributed by atoms with Gasteiger partial charge in [0, 0.05) is 42.3 Å². The van der Waals surface area contributed by atoms with Gasteiger partial charge in [-0.1, -0.05) is 13.8 Å². The van der Waals surface area contributed by atoms with Gasteiger partial charge in [-0.3, -0.25) is 9.78 Å². The van der Waals surface area contributed by atoms with Gasteiger partial charge in [-0.05, 0) is 48.7 Å². The normalized spacial score (nSPS) is 11.5. The van der Waals surface area contributed by atoms with Crippen molar-refractivity contribution < 1.29 is 36.9 Å². The number of carbonyl (C=O) groups is 1. The summed E-state index contributed by atoms with van der Waals surface area (Å²) in [6.45, 7) is 4.76. The second-order valence-corrected chi connectivity index (χ2v) is 9.60. The molecule has 0 aliphatic rings. The van der Waals surface area contributed by atoms with Crippen LogP contribution in [0.5, 0.6) is 28.7 Å². The number of hydrogen-bond donors (Lipinski definition) is 1. The van der Waals surface area contributed by atoms with Crippen molar-refractivity contribution in [2.45, 2.75) is 33.5 Å². The number of fused-ring (bicyclic) bond motifs is 1. The number of aromatic nitrogens is 2. The number of benzene rings is 2. The van der Waals surface area contributed by atoms with E-state index in [1.54, 1.807) is 61.4 Å². The van der Waals surface area contributed by atoms with Crippen molar-refractivity contribution in [3.8, 4) is 28.7 Å². The molecule has 4 aromatic rings. The zero-order valence-electron chi connectivity index (χ0n) is 22.8. The Hall–Kier alpha value is -4.41. The number of nitrogens with one attached hydrogen (secondary N) is 1. The summed E-state index contributed by atoms with van der Waals surface area (Å²) < 4.78 is 61.9. The maximum absolute atomic E-state index is 13.1. The van der Waals surface area contributed by atoms with Gasteiger partial charge in [0.05, 0.1) is 25.3 Å². The topological polar surface area (TPSA) is 83.8 Å². The van der Waals surface area contributed by atoms with Gasteiger partial charge < -0.3 is 28.8 Å². The van der Waals surface area contributed by atoms with Gasteiger partial charge in [-0.25, -0.2) is 0 Å². The van der Waals surface area contributed by atoms with Gasteiger partial charge in [0.2, 0.25) is 0 Å². The van der Waals surface area contributed by atoms with Gasteiger partial charge in [-0.2, -0.15) is 13.2 Å². The largest absolute Gasteiger partial charge is 0.493 e. The van der Waals surface area contributed by atoms with Crippen LogP contribution in [0.3, 0.4) is 0 Å². The standard InChI is InChI=1S/C29H30F3N3O5/c1-17(2)13-35-14-21(27(15-35)39-16-29(30,31)32)28(36)34-19-6-7-23(18(3)10-19)40-24-8-9-33-22-12-26(38-5)25(37-4)11-20(22)24/h6-12,14-15,17H,13,16H2,1-5H3,(H,34,36). The van der Waals surface area contributed by atoms with Gasteiger partial charge >= 0.3 is 6.18 Å². The molecule has 2 heterocycles. The van der Waals surface area contributed by atoms with Crippen LogP contribution in [0.2, 0.25) is 0 Å². The molecular weight excluding hydrogens is 527 g/mol. The number of halogens is 3. The first-order valence-corrected chi connectivity index (χ1v) is 12.5. The molecule has 0 atom stereocenters. The van der Waals surface area contributed by atoms with E-state index in [4.69, 9.17) is 18.9 Å². The summed E-state index contributed by atoms with van der Waals surface area (Å²) in [5.41, 5.74) is 1.83. The Balaban J connectivity index is 1.55. The Bertz CT molecular complexity index is 1520. The molecule has 1 N–H and O–H groups in total. The minimum absolute atomic E-state index is 0.00973. The number of rotatable bonds is 10. The molecule has 0 unspecified atom stereocenters. The molecule has 2 aromatic heterocycles. The average Bonchev–Trinajstić information content (AvgIpc) is 3.30. The van der Waals surface area contributed by atoms with Crippen LogP contribution in [0.15, 0.2) is 55.0 Å². The van der Waals surface area contributed by atoms with Crippen molar-refractivity contribution in [1.29, 1.82) is 0 Å². The van der Waals surface area contributed by atoms with Crippen molar-refractivity contribution in [2.75, 3.05) is 26.1 Å². The van der Waals surface area contributed by atoms with Crippen LogP contribution in [0.4, 0.5) is 18.9 Å². The molecule has 4 rings (SSSR count). The number of ether oxygens (including phenoxy) is 4. The number of carbonyl (C=O) groups excluding carboxylic acids is 1. The second-order valence-electron chi connectivity index (χ2n) is 9.60. The number of nitrogens with zero attached hydrogens (tertiary/aromatic N) is 2. The van der Waals surface area contributed by atoms with Gasteiger partial charge in [0.15, 0.2) is 18.1 Å². The predicted octanol–water partition coefficient (Wildman–Crippen LogP) is 7.00. The number of methoxy groups -OCH3 is 2. The number of amides is 1. The zero-order chi connectivity index (χ0) is 29.0. The summed E-state index contributed by atoms with van der Waals surface area (Å²) in [6.07, 6.45) is -0.00873. The molecule has 11 heteroatoms. The minimum Gasteiger partial charge on any atom is -0.493 e. The van der Waals surface area contributed by atoms with E-state index >= 15 is 0 Å². The second kappa shape index (κ2) is 11.8. The fourth-order valence-electron chi connectivity index (χ4n) is 4.15. The van der Waals surface area contributed by atoms with Crippen molar-refractivity contribution in [3.63, 3.8) is 0 Å². The average molecular weight is 558 g/mol. The van der Waals surface area contributed by atoms with E-state index in [0.717, 1.165) is 0 Å². The molecule has 40 heavy (non-hydrogen) atoms. The third-order valence-corrected chi connectivity index (χ3v) is 5.91. The van der Waals surface area contributed by atoms with Crippen molar-refractivity contribution in [2.24, 2.45) is 5.92 Å². The number of anilines is 1. The maximum Gasteiger partial charge on any atom is 0.422 e. The van der Waals surface area contributed by atoms with Crippen LogP contribution in [0.25, 0.3) is 10.9 Å². The molecule has 0 fully saturated rings. The van der Waals surface area contributed by atoms with Crippen LogP contribution in [0.1, 0.15) is 29.8 Å². The molecule has 0 spiro atoms. The molecule has 2 aromatic carbocycles. The third-order valence-electron chi connectivity index (χ3n) is 5.91. The lowest BCUT2D eigenvalue weighted by Gasteiger charge is -2.14. The van der Waals surface area contributed by atoms with E-state index in [2.05, 4.69) is 10.3 Å². The number of alkyl halides is 3. The Morgan fingerprint density at radius 3 is 2.35 bits per heavy atom. The molecule has 0 radical (unpaired) electrons. The summed E-state index contributed by atoms with van der Waals surface area (Å²) in [4.78, 5) is 17.4. The minimum atomic E-state index is -4.53. The van der Waals surface area contributed by atoms with E-state index in [1.807, 2.05) is 20.8 Å². The van der Waals surface area contributed by atoms with E-state index in [-0.39, 0.29) is 17.2 Å². The molecule has 212 valence electrons. The van der Waals surface area contributed by atoms with Crippen LogP contribution in [-0.4, -0.2) is 42.5 Å². The predicted molar refractivity (Wildman–Crippen MR) is 145 cm³/mol. The highest BCUT2D eigenvalue weighted by Crippen LogP contribution is 2.38. The lowest BCUT2D eigenvalue weighted by atomic mass is 10.1. The van der Waals surface area contributed by atoms with E-state index in [0.29, 0.717) is 51.7 Å². The summed E-state index contributed by atoms with van der Waals surface area (Å²) in [5.74, 6) is 1.65. The highest BCUT2D eigenvalue weighted by atomic mass is 19.4. The van der Waals surface area contributed by atoms with Crippen LogP contribution < -0.4 is 24.3 Å². The molecule has 8 nitrogen and oxygen atoms in total. The summed E-state index contributed by atoms with van der Waals surface area (Å²) >= 11 is 0. The molecule has 0 aliphatic heterocycles. The third kappa shape index (κ3) is 6.77. The maximum atomic E-state index is 13.1. The molecule has 0 saturated carbocycles. The van der Waals surface area contributed by atoms with Crippen LogP contribution >= 0.6 is 0 Å². The van der Waals surface area contributed by atoms with Crippen LogP contribution in [-0.2, 0) is 6.54 Å². The van der Waals surface area contributed by atoms with Crippen molar-refractivity contribution >= 4 is 22.5 Å². The fourth-order valence-corrected chi connectivity index (χ4v) is 4.15. The van der Waals surface area contributed by atoms with E-state index < -0.39 is 18.7 Å². The van der Waals surface area contributed by atoms with Gasteiger partial charge in [-0.15, -0.1) is 0 Å². The Kier molecular flexibility index (Phi) is 8.41. The Morgan fingerprint density at radius 2 is 1.70 bits per heavy atom. The lowest BCUT2D eigenvalue weighted by Crippen LogP contribution is -2.20. The smallest absolute Gasteiger partial charge is 0.422 e. The van der Waals surface area contributed by atoms with E-state index in [1.165, 1.54) is 12.4 Å². The summed E-state index contributed by atoms with van der Waals surface area (Å²) in [5, 5.41) is 3.46. The Labute approximate surface area is 229 Å². The SMILES string of the molecule is COc1cc2nccc(Oc3ccc(NC(=O)c4cn(CC(C)C)cc4OCC(F)(F)F)cc3C)c2cc1OC. The molecule has 0 bridgehead atoms. The summed E-state index contributed by atoms with van der Waals surface area (Å²) in [6, 6.07) is 10.3. The van der Waals surface area contributed by atoms with Crippen LogP contribution in [0, 0.1) is 12.8 Å². The quantitative estimate of drug-likeness (QED) is 0.226. The molecule has 0 aliphatic carbocycles. The fraction of sp³-hybridized carbons (Fsp3) is 0.310. The molecular formula is C29H30F3N3O5. The van der Waals surface area contributed by atoms with Gasteiger partial charge in [0.25, 0.3) is 5.91 Å². The van der Waals surface area contributed by atoms with Crippen molar-refractivity contribution in [3.05, 3.63) is 66.1 Å². The first-order valence-electron chi connectivity index (χ1n) is 12.5. The number of aryl methyl sites for hydroxylation is 1. The number of pyridine rings is 1. The first-order chi connectivity index (χ1) is 19.0.